The van der Waals surface area contributed by atoms with E-state index in [1.54, 1.807) is 6.08 Å². The Labute approximate surface area is 148 Å². The molecule has 0 saturated carbocycles. The van der Waals surface area contributed by atoms with Crippen molar-refractivity contribution in [1.29, 1.82) is 0 Å². The lowest BCUT2D eigenvalue weighted by molar-refractivity contribution is -0.113. The highest BCUT2D eigenvalue weighted by atomic mass is 79.9. The Kier molecular flexibility index (Phi) is 6.01. The zero-order valence-electron chi connectivity index (χ0n) is 13.4. The second-order valence-corrected chi connectivity index (χ2v) is 6.98. The molecule has 23 heavy (non-hydrogen) atoms. The molecule has 122 valence electrons. The minimum atomic E-state index is -0.0789. The van der Waals surface area contributed by atoms with Gasteiger partial charge >= 0.3 is 0 Å². The molecule has 1 N–H and O–H groups in total. The molecule has 0 fully saturated rings. The van der Waals surface area contributed by atoms with Crippen LogP contribution in [-0.2, 0) is 11.3 Å². The standard InChI is InChI=1S/C16H19BrN4OS/c1-5-6-21-12(4)19-20-16(21)23-9-15(22)18-14-8-11(3)10(2)7-13(14)17/h5,7-8H,1,6,9H2,2-4H3,(H,18,22). The molecular formula is C16H19BrN4OS. The Balaban J connectivity index is 2.01. The zero-order valence-corrected chi connectivity index (χ0v) is 15.8. The van der Waals surface area contributed by atoms with Gasteiger partial charge in [0.25, 0.3) is 0 Å². The molecule has 1 amide bonds. The van der Waals surface area contributed by atoms with Crippen molar-refractivity contribution in [3.05, 3.63) is 46.2 Å². The van der Waals surface area contributed by atoms with Gasteiger partial charge in [-0.2, -0.15) is 0 Å². The molecule has 1 aromatic carbocycles. The highest BCUT2D eigenvalue weighted by Crippen LogP contribution is 2.26. The van der Waals surface area contributed by atoms with Crippen molar-refractivity contribution in [2.45, 2.75) is 32.5 Å². The molecule has 1 aromatic heterocycles. The molecule has 0 aliphatic carbocycles. The van der Waals surface area contributed by atoms with Gasteiger partial charge in [0, 0.05) is 11.0 Å². The lowest BCUT2D eigenvalue weighted by atomic mass is 10.1. The van der Waals surface area contributed by atoms with Crippen LogP contribution in [0, 0.1) is 20.8 Å². The number of allylic oxidation sites excluding steroid dienone is 1. The van der Waals surface area contributed by atoms with E-state index in [1.165, 1.54) is 17.3 Å². The third kappa shape index (κ3) is 4.45. The maximum atomic E-state index is 12.2. The Morgan fingerprint density at radius 3 is 2.74 bits per heavy atom. The summed E-state index contributed by atoms with van der Waals surface area (Å²) in [6, 6.07) is 3.97. The van der Waals surface area contributed by atoms with Gasteiger partial charge in [0.05, 0.1) is 11.4 Å². The quantitative estimate of drug-likeness (QED) is 0.596. The SMILES string of the molecule is C=CCn1c(C)nnc1SCC(=O)Nc1cc(C)c(C)cc1Br. The van der Waals surface area contributed by atoms with Crippen LogP contribution in [-0.4, -0.2) is 26.4 Å². The first kappa shape index (κ1) is 17.7. The Bertz CT molecular complexity index is 742. The number of anilines is 1. The number of thioether (sulfide) groups is 1. The molecule has 2 aromatic rings. The van der Waals surface area contributed by atoms with Gasteiger partial charge in [-0.05, 0) is 60.0 Å². The molecule has 0 bridgehead atoms. The maximum Gasteiger partial charge on any atom is 0.234 e. The van der Waals surface area contributed by atoms with E-state index in [2.05, 4.69) is 38.0 Å². The van der Waals surface area contributed by atoms with Crippen molar-refractivity contribution in [2.24, 2.45) is 0 Å². The monoisotopic (exact) mass is 394 g/mol. The van der Waals surface area contributed by atoms with Gasteiger partial charge in [-0.25, -0.2) is 0 Å². The molecule has 1 heterocycles. The molecule has 5 nitrogen and oxygen atoms in total. The number of nitrogens with one attached hydrogen (secondary N) is 1. The molecule has 2 rings (SSSR count). The fourth-order valence-corrected chi connectivity index (χ4v) is 3.35. The molecule has 0 atom stereocenters. The zero-order chi connectivity index (χ0) is 17.0. The third-order valence-corrected chi connectivity index (χ3v) is 5.03. The minimum Gasteiger partial charge on any atom is -0.324 e. The number of aromatic nitrogens is 3. The van der Waals surface area contributed by atoms with Gasteiger partial charge in [0.2, 0.25) is 5.91 Å². The summed E-state index contributed by atoms with van der Waals surface area (Å²) in [4.78, 5) is 12.2. The second kappa shape index (κ2) is 7.79. The van der Waals surface area contributed by atoms with E-state index in [1.807, 2.05) is 37.5 Å². The molecule has 0 unspecified atom stereocenters. The van der Waals surface area contributed by atoms with Gasteiger partial charge < -0.3 is 9.88 Å². The Hall–Kier alpha value is -1.60. The number of aryl methyl sites for hydroxylation is 3. The molecule has 0 aliphatic rings. The third-order valence-electron chi connectivity index (χ3n) is 3.40. The first-order valence-electron chi connectivity index (χ1n) is 7.12. The van der Waals surface area contributed by atoms with E-state index < -0.39 is 0 Å². The largest absolute Gasteiger partial charge is 0.324 e. The highest BCUT2D eigenvalue weighted by molar-refractivity contribution is 9.10. The lowest BCUT2D eigenvalue weighted by Crippen LogP contribution is -2.15. The Morgan fingerprint density at radius 2 is 2.04 bits per heavy atom. The number of halogens is 1. The van der Waals surface area contributed by atoms with Crippen LogP contribution in [0.2, 0.25) is 0 Å². The summed E-state index contributed by atoms with van der Waals surface area (Å²) >= 11 is 4.84. The number of nitrogens with zero attached hydrogens (tertiary/aromatic N) is 3. The number of rotatable bonds is 6. The average Bonchev–Trinajstić information content (AvgIpc) is 2.84. The van der Waals surface area contributed by atoms with E-state index >= 15 is 0 Å². The van der Waals surface area contributed by atoms with Gasteiger partial charge in [-0.3, -0.25) is 4.79 Å². The summed E-state index contributed by atoms with van der Waals surface area (Å²) < 4.78 is 2.81. The van der Waals surface area contributed by atoms with E-state index in [-0.39, 0.29) is 11.7 Å². The molecular weight excluding hydrogens is 376 g/mol. The second-order valence-electron chi connectivity index (χ2n) is 5.18. The number of hydrogen-bond acceptors (Lipinski definition) is 4. The first-order valence-corrected chi connectivity index (χ1v) is 8.90. The van der Waals surface area contributed by atoms with Crippen molar-refractivity contribution in [3.8, 4) is 0 Å². The predicted octanol–water partition coefficient (Wildman–Crippen LogP) is 3.88. The molecule has 0 aliphatic heterocycles. The fourth-order valence-electron chi connectivity index (χ4n) is 2.00. The van der Waals surface area contributed by atoms with Crippen LogP contribution >= 0.6 is 27.7 Å². The summed E-state index contributed by atoms with van der Waals surface area (Å²) in [6.07, 6.45) is 1.78. The van der Waals surface area contributed by atoms with Crippen molar-refractivity contribution >= 4 is 39.3 Å². The summed E-state index contributed by atoms with van der Waals surface area (Å²) in [6.45, 7) is 10.3. The normalized spacial score (nSPS) is 10.6. The molecule has 0 spiro atoms. The van der Waals surface area contributed by atoms with Crippen molar-refractivity contribution in [3.63, 3.8) is 0 Å². The topological polar surface area (TPSA) is 59.8 Å². The predicted molar refractivity (Wildman–Crippen MR) is 97.9 cm³/mol. The number of hydrogen-bond donors (Lipinski definition) is 1. The first-order chi connectivity index (χ1) is 10.9. The van der Waals surface area contributed by atoms with Gasteiger partial charge in [-0.1, -0.05) is 17.8 Å². The summed E-state index contributed by atoms with van der Waals surface area (Å²) in [5.74, 6) is 1.00. The number of carbonyl (C=O) groups excluding carboxylic acids is 1. The smallest absolute Gasteiger partial charge is 0.234 e. The van der Waals surface area contributed by atoms with Crippen LogP contribution in [0.5, 0.6) is 0 Å². The van der Waals surface area contributed by atoms with Crippen LogP contribution in [0.1, 0.15) is 17.0 Å². The van der Waals surface area contributed by atoms with Crippen LogP contribution in [0.25, 0.3) is 0 Å². The van der Waals surface area contributed by atoms with Gasteiger partial charge in [-0.15, -0.1) is 16.8 Å². The van der Waals surface area contributed by atoms with Crippen LogP contribution in [0.15, 0.2) is 34.4 Å². The minimum absolute atomic E-state index is 0.0789. The van der Waals surface area contributed by atoms with Crippen LogP contribution in [0.4, 0.5) is 5.69 Å². The number of amides is 1. The van der Waals surface area contributed by atoms with Gasteiger partial charge in [0.15, 0.2) is 5.16 Å². The fraction of sp³-hybridized carbons (Fsp3) is 0.312. The molecule has 7 heteroatoms. The van der Waals surface area contributed by atoms with Crippen LogP contribution in [0.3, 0.4) is 0 Å². The summed E-state index contributed by atoms with van der Waals surface area (Å²) in [7, 11) is 0. The van der Waals surface area contributed by atoms with E-state index in [0.717, 1.165) is 26.7 Å². The Morgan fingerprint density at radius 1 is 1.35 bits per heavy atom. The molecule has 0 radical (unpaired) electrons. The van der Waals surface area contributed by atoms with E-state index in [4.69, 9.17) is 0 Å². The van der Waals surface area contributed by atoms with Crippen molar-refractivity contribution < 1.29 is 4.79 Å². The van der Waals surface area contributed by atoms with Gasteiger partial charge in [0.1, 0.15) is 5.82 Å². The van der Waals surface area contributed by atoms with E-state index in [0.29, 0.717) is 6.54 Å². The van der Waals surface area contributed by atoms with E-state index in [9.17, 15) is 4.79 Å². The highest BCUT2D eigenvalue weighted by Gasteiger charge is 2.12. The van der Waals surface area contributed by atoms with Crippen molar-refractivity contribution in [1.82, 2.24) is 14.8 Å². The van der Waals surface area contributed by atoms with Crippen LogP contribution < -0.4 is 5.32 Å². The number of carbonyl (C=O) groups is 1. The summed E-state index contributed by atoms with van der Waals surface area (Å²) in [5.41, 5.74) is 3.09. The number of benzene rings is 1. The molecule has 0 saturated heterocycles. The maximum absolute atomic E-state index is 12.2. The lowest BCUT2D eigenvalue weighted by Gasteiger charge is -2.10. The van der Waals surface area contributed by atoms with Crippen molar-refractivity contribution in [2.75, 3.05) is 11.1 Å². The summed E-state index contributed by atoms with van der Waals surface area (Å²) in [5, 5.41) is 11.8. The average molecular weight is 395 g/mol.